The third-order valence-corrected chi connectivity index (χ3v) is 4.76. The Labute approximate surface area is 157 Å². The lowest BCUT2D eigenvalue weighted by atomic mass is 9.86. The first-order valence-corrected chi connectivity index (χ1v) is 9.16. The van der Waals surface area contributed by atoms with E-state index in [0.717, 1.165) is 5.56 Å². The summed E-state index contributed by atoms with van der Waals surface area (Å²) >= 11 is 0. The molecule has 1 aliphatic rings. The number of hydrogen-bond acceptors (Lipinski definition) is 5. The van der Waals surface area contributed by atoms with E-state index in [1.165, 1.54) is 0 Å². The lowest BCUT2D eigenvalue weighted by Crippen LogP contribution is -2.40. The van der Waals surface area contributed by atoms with Gasteiger partial charge in [0.05, 0.1) is 5.92 Å². The molecule has 0 radical (unpaired) electrons. The van der Waals surface area contributed by atoms with Crippen LogP contribution >= 0.6 is 0 Å². The SMILES string of the molecule is CC(C)c1noc(-c2ccc(NC(=O)NC3CCC(C(=O)O)CC3)cc2)n1. The molecule has 3 rings (SSSR count). The van der Waals surface area contributed by atoms with Gasteiger partial charge in [0.15, 0.2) is 5.82 Å². The molecule has 1 aromatic heterocycles. The average molecular weight is 372 g/mol. The number of aromatic nitrogens is 2. The van der Waals surface area contributed by atoms with Crippen LogP contribution in [-0.4, -0.2) is 33.3 Å². The van der Waals surface area contributed by atoms with Gasteiger partial charge in [-0.05, 0) is 49.9 Å². The number of hydrogen-bond donors (Lipinski definition) is 3. The molecule has 1 aliphatic carbocycles. The number of nitrogens with one attached hydrogen (secondary N) is 2. The van der Waals surface area contributed by atoms with Crippen molar-refractivity contribution in [3.63, 3.8) is 0 Å². The number of carboxylic acids is 1. The molecule has 0 bridgehead atoms. The summed E-state index contributed by atoms with van der Waals surface area (Å²) in [6.45, 7) is 3.99. The van der Waals surface area contributed by atoms with Crippen molar-refractivity contribution < 1.29 is 19.2 Å². The van der Waals surface area contributed by atoms with Crippen LogP contribution in [0.25, 0.3) is 11.5 Å². The largest absolute Gasteiger partial charge is 0.481 e. The number of carbonyl (C=O) groups excluding carboxylic acids is 1. The maximum absolute atomic E-state index is 12.1. The highest BCUT2D eigenvalue weighted by Crippen LogP contribution is 2.25. The second-order valence-electron chi connectivity index (χ2n) is 7.18. The zero-order valence-corrected chi connectivity index (χ0v) is 15.4. The zero-order chi connectivity index (χ0) is 19.4. The fourth-order valence-electron chi connectivity index (χ4n) is 3.12. The van der Waals surface area contributed by atoms with E-state index in [-0.39, 0.29) is 23.9 Å². The second kappa shape index (κ2) is 8.20. The molecule has 0 aliphatic heterocycles. The molecule has 0 unspecified atom stereocenters. The summed E-state index contributed by atoms with van der Waals surface area (Å²) in [7, 11) is 0. The molecule has 2 aromatic rings. The van der Waals surface area contributed by atoms with Crippen molar-refractivity contribution in [2.45, 2.75) is 51.5 Å². The Hall–Kier alpha value is -2.90. The molecule has 1 heterocycles. The number of rotatable bonds is 5. The second-order valence-corrected chi connectivity index (χ2v) is 7.18. The monoisotopic (exact) mass is 372 g/mol. The van der Waals surface area contributed by atoms with Gasteiger partial charge in [-0.2, -0.15) is 4.98 Å². The number of benzene rings is 1. The zero-order valence-electron chi connectivity index (χ0n) is 15.4. The van der Waals surface area contributed by atoms with E-state index < -0.39 is 5.97 Å². The molecule has 3 N–H and O–H groups in total. The number of anilines is 1. The number of aliphatic carboxylic acids is 1. The first-order valence-electron chi connectivity index (χ1n) is 9.16. The van der Waals surface area contributed by atoms with Crippen molar-refractivity contribution in [1.82, 2.24) is 15.5 Å². The Morgan fingerprint density at radius 1 is 1.15 bits per heavy atom. The van der Waals surface area contributed by atoms with E-state index in [1.54, 1.807) is 12.1 Å². The van der Waals surface area contributed by atoms with Gasteiger partial charge >= 0.3 is 12.0 Å². The summed E-state index contributed by atoms with van der Waals surface area (Å²) in [4.78, 5) is 27.5. The van der Waals surface area contributed by atoms with Gasteiger partial charge in [-0.1, -0.05) is 19.0 Å². The summed E-state index contributed by atoms with van der Waals surface area (Å²) in [6.07, 6.45) is 2.55. The van der Waals surface area contributed by atoms with E-state index in [0.29, 0.717) is 43.1 Å². The first kappa shape index (κ1) is 18.9. The summed E-state index contributed by atoms with van der Waals surface area (Å²) in [6, 6.07) is 6.89. The predicted molar refractivity (Wildman–Crippen MR) is 99.4 cm³/mol. The maximum Gasteiger partial charge on any atom is 0.319 e. The van der Waals surface area contributed by atoms with Crippen LogP contribution in [0.15, 0.2) is 28.8 Å². The van der Waals surface area contributed by atoms with E-state index >= 15 is 0 Å². The molecule has 0 saturated heterocycles. The van der Waals surface area contributed by atoms with Gasteiger partial charge < -0.3 is 20.3 Å². The van der Waals surface area contributed by atoms with Crippen molar-refractivity contribution in [3.05, 3.63) is 30.1 Å². The quantitative estimate of drug-likeness (QED) is 0.738. The standard InChI is InChI=1S/C19H24N4O4/c1-11(2)16-22-17(27-23-16)12-3-7-14(8-4-12)20-19(26)21-15-9-5-13(6-10-15)18(24)25/h3-4,7-8,11,13,15H,5-6,9-10H2,1-2H3,(H,24,25)(H2,20,21,26). The van der Waals surface area contributed by atoms with Crippen molar-refractivity contribution in [2.24, 2.45) is 5.92 Å². The fourth-order valence-corrected chi connectivity index (χ4v) is 3.12. The van der Waals surface area contributed by atoms with Gasteiger partial charge in [-0.25, -0.2) is 4.79 Å². The van der Waals surface area contributed by atoms with Gasteiger partial charge in [-0.15, -0.1) is 0 Å². The van der Waals surface area contributed by atoms with Crippen molar-refractivity contribution in [2.75, 3.05) is 5.32 Å². The smallest absolute Gasteiger partial charge is 0.319 e. The highest BCUT2D eigenvalue weighted by Gasteiger charge is 2.26. The lowest BCUT2D eigenvalue weighted by Gasteiger charge is -2.26. The number of amides is 2. The van der Waals surface area contributed by atoms with Gasteiger partial charge in [0.25, 0.3) is 5.89 Å². The number of urea groups is 1. The molecular weight excluding hydrogens is 348 g/mol. The van der Waals surface area contributed by atoms with Crippen LogP contribution < -0.4 is 10.6 Å². The molecule has 0 atom stereocenters. The van der Waals surface area contributed by atoms with E-state index in [4.69, 9.17) is 9.63 Å². The molecule has 144 valence electrons. The Kier molecular flexibility index (Phi) is 5.73. The van der Waals surface area contributed by atoms with Crippen LogP contribution in [0.1, 0.15) is 51.3 Å². The Bertz CT molecular complexity index is 792. The molecular formula is C19H24N4O4. The van der Waals surface area contributed by atoms with Crippen LogP contribution in [0.2, 0.25) is 0 Å². The molecule has 27 heavy (non-hydrogen) atoms. The fraction of sp³-hybridized carbons (Fsp3) is 0.474. The van der Waals surface area contributed by atoms with Crippen LogP contribution in [0.3, 0.4) is 0 Å². The average Bonchev–Trinajstić information content (AvgIpc) is 3.13. The summed E-state index contributed by atoms with van der Waals surface area (Å²) in [5, 5.41) is 18.7. The highest BCUT2D eigenvalue weighted by atomic mass is 16.5. The number of nitrogens with zero attached hydrogens (tertiary/aromatic N) is 2. The van der Waals surface area contributed by atoms with Gasteiger partial charge in [0, 0.05) is 23.2 Å². The lowest BCUT2D eigenvalue weighted by molar-refractivity contribution is -0.142. The highest BCUT2D eigenvalue weighted by molar-refractivity contribution is 5.89. The Morgan fingerprint density at radius 3 is 2.37 bits per heavy atom. The van der Waals surface area contributed by atoms with Crippen LogP contribution in [0, 0.1) is 5.92 Å². The minimum atomic E-state index is -0.750. The topological polar surface area (TPSA) is 117 Å². The number of carboxylic acid groups (broad SMARTS) is 1. The van der Waals surface area contributed by atoms with Crippen LogP contribution in [-0.2, 0) is 4.79 Å². The first-order chi connectivity index (χ1) is 12.9. The van der Waals surface area contributed by atoms with E-state index in [9.17, 15) is 9.59 Å². The molecule has 8 heteroatoms. The minimum absolute atomic E-state index is 0.00715. The van der Waals surface area contributed by atoms with Gasteiger partial charge in [-0.3, -0.25) is 4.79 Å². The minimum Gasteiger partial charge on any atom is -0.481 e. The van der Waals surface area contributed by atoms with E-state index in [2.05, 4.69) is 20.8 Å². The number of carbonyl (C=O) groups is 2. The van der Waals surface area contributed by atoms with Crippen molar-refractivity contribution in [1.29, 1.82) is 0 Å². The summed E-state index contributed by atoms with van der Waals surface area (Å²) in [5.41, 5.74) is 1.44. The van der Waals surface area contributed by atoms with Crippen molar-refractivity contribution >= 4 is 17.7 Å². The molecule has 1 fully saturated rings. The van der Waals surface area contributed by atoms with Crippen LogP contribution in [0.4, 0.5) is 10.5 Å². The molecule has 2 amide bonds. The predicted octanol–water partition coefficient (Wildman–Crippen LogP) is 3.62. The molecule has 1 saturated carbocycles. The van der Waals surface area contributed by atoms with E-state index in [1.807, 2.05) is 26.0 Å². The molecule has 0 spiro atoms. The molecule has 8 nitrogen and oxygen atoms in total. The molecule has 1 aromatic carbocycles. The summed E-state index contributed by atoms with van der Waals surface area (Å²) < 4.78 is 5.26. The Balaban J connectivity index is 1.52. The Morgan fingerprint density at radius 2 is 1.81 bits per heavy atom. The maximum atomic E-state index is 12.1. The van der Waals surface area contributed by atoms with Crippen molar-refractivity contribution in [3.8, 4) is 11.5 Å². The van der Waals surface area contributed by atoms with Gasteiger partial charge in [0.2, 0.25) is 0 Å². The normalized spacial score (nSPS) is 19.7. The third kappa shape index (κ3) is 4.84. The third-order valence-electron chi connectivity index (χ3n) is 4.76. The van der Waals surface area contributed by atoms with Crippen LogP contribution in [0.5, 0.6) is 0 Å². The van der Waals surface area contributed by atoms with Gasteiger partial charge in [0.1, 0.15) is 0 Å². The summed E-state index contributed by atoms with van der Waals surface area (Å²) in [5.74, 6) is 0.256.